The molecule has 0 amide bonds. The monoisotopic (exact) mass is 710 g/mol. The Labute approximate surface area is 297 Å². The van der Waals surface area contributed by atoms with E-state index in [0.717, 1.165) is 38.5 Å². The van der Waals surface area contributed by atoms with Gasteiger partial charge in [-0.1, -0.05) is 152 Å². The predicted molar refractivity (Wildman–Crippen MR) is 199 cm³/mol. The molecule has 9 nitrogen and oxygen atoms in total. The molecule has 0 radical (unpaired) electrons. The molecule has 0 spiro atoms. The normalized spacial score (nSPS) is 13.8. The van der Waals surface area contributed by atoms with Crippen molar-refractivity contribution < 1.29 is 43.0 Å². The maximum atomic E-state index is 12.3. The van der Waals surface area contributed by atoms with E-state index >= 15 is 0 Å². The van der Waals surface area contributed by atoms with E-state index in [4.69, 9.17) is 19.3 Å². The van der Waals surface area contributed by atoms with Crippen LogP contribution in [0.25, 0.3) is 0 Å². The number of esters is 2. The first-order valence-electron chi connectivity index (χ1n) is 18.7. The summed E-state index contributed by atoms with van der Waals surface area (Å²) < 4.78 is 26.2. The summed E-state index contributed by atoms with van der Waals surface area (Å²) in [7, 11) is -4.77. The van der Waals surface area contributed by atoms with Crippen molar-refractivity contribution in [3.63, 3.8) is 0 Å². The van der Waals surface area contributed by atoms with Gasteiger partial charge in [-0.2, -0.15) is 0 Å². The first-order chi connectivity index (χ1) is 23.7. The quantitative estimate of drug-likeness (QED) is 0.0200. The second-order valence-electron chi connectivity index (χ2n) is 12.4. The van der Waals surface area contributed by atoms with Gasteiger partial charge in [0.2, 0.25) is 0 Å². The van der Waals surface area contributed by atoms with Gasteiger partial charge in [0.25, 0.3) is 0 Å². The fourth-order valence-corrected chi connectivity index (χ4v) is 5.13. The maximum Gasteiger partial charge on any atom is 0.469 e. The van der Waals surface area contributed by atoms with Gasteiger partial charge in [-0.25, -0.2) is 4.57 Å². The van der Waals surface area contributed by atoms with E-state index in [9.17, 15) is 19.3 Å². The zero-order valence-corrected chi connectivity index (χ0v) is 31.3. The van der Waals surface area contributed by atoms with E-state index in [1.54, 1.807) is 6.08 Å². The smallest absolute Gasteiger partial charge is 0.462 e. The number of aliphatic hydroxyl groups is 1. The van der Waals surface area contributed by atoms with Crippen LogP contribution in [0.1, 0.15) is 149 Å². The van der Waals surface area contributed by atoms with Crippen molar-refractivity contribution in [3.8, 4) is 0 Å². The van der Waals surface area contributed by atoms with Crippen LogP contribution in [-0.4, -0.2) is 52.3 Å². The number of allylic oxidation sites excluding steroid dienone is 9. The number of phosphoric acid groups is 1. The Balaban J connectivity index is 4.10. The van der Waals surface area contributed by atoms with Gasteiger partial charge in [0.1, 0.15) is 6.61 Å². The summed E-state index contributed by atoms with van der Waals surface area (Å²) in [6.07, 6.45) is 39.0. The minimum Gasteiger partial charge on any atom is -0.462 e. The summed E-state index contributed by atoms with van der Waals surface area (Å²) >= 11 is 0. The highest BCUT2D eigenvalue weighted by Crippen LogP contribution is 2.36. The van der Waals surface area contributed by atoms with E-state index in [1.807, 2.05) is 37.3 Å². The van der Waals surface area contributed by atoms with Crippen molar-refractivity contribution in [1.82, 2.24) is 0 Å². The van der Waals surface area contributed by atoms with E-state index in [2.05, 4.69) is 35.8 Å². The maximum absolute atomic E-state index is 12.3. The Morgan fingerprint density at radius 3 is 1.69 bits per heavy atom. The molecular weight excluding hydrogens is 643 g/mol. The fraction of sp³-hybridized carbons (Fsp3) is 0.692. The largest absolute Gasteiger partial charge is 0.469 e. The fourth-order valence-electron chi connectivity index (χ4n) is 4.77. The van der Waals surface area contributed by atoms with Crippen LogP contribution in [0.15, 0.2) is 60.8 Å². The number of hydrogen-bond donors (Lipinski definition) is 3. The number of carbonyl (C=O) groups is 2. The lowest BCUT2D eigenvalue weighted by molar-refractivity contribution is -0.161. The molecule has 3 N–H and O–H groups in total. The second-order valence-corrected chi connectivity index (χ2v) is 13.6. The number of hydrogen-bond acceptors (Lipinski definition) is 7. The SMILES string of the molecule is CCCCCCCCCCCCCCCC(=O)O[C@H](COC(=O)CCC/C=C\C/C=C\C/C=C\C/C=C\C=C\[C@@H](O)CC)COP(=O)(O)O. The molecule has 0 heterocycles. The molecule has 10 heteroatoms. The van der Waals surface area contributed by atoms with Crippen molar-refractivity contribution in [2.24, 2.45) is 0 Å². The summed E-state index contributed by atoms with van der Waals surface area (Å²) in [5, 5.41) is 9.44. The standard InChI is InChI=1S/C39H67O9P/c1-3-5-6-7-8-9-10-13-18-21-24-27-30-33-39(42)48-37(35-47-49(43,44)45)34-46-38(41)32-29-26-23-20-17-15-12-11-14-16-19-22-25-28-31-36(40)4-2/h12,14-16,20,22-23,25,28,31,36-37,40H,3-11,13,17-19,21,24,26-27,29-30,32-35H2,1-2H3,(H2,43,44,45)/b15-12-,16-14-,23-20-,25-22-,31-28+/t36-,37+/m0/s1. The van der Waals surface area contributed by atoms with Gasteiger partial charge in [-0.05, 0) is 44.9 Å². The first-order valence-corrected chi connectivity index (χ1v) is 20.2. The van der Waals surface area contributed by atoms with E-state index in [1.165, 1.54) is 57.8 Å². The number of unbranched alkanes of at least 4 members (excludes halogenated alkanes) is 13. The van der Waals surface area contributed by atoms with Crippen molar-refractivity contribution in [1.29, 1.82) is 0 Å². The highest BCUT2D eigenvalue weighted by molar-refractivity contribution is 7.46. The summed E-state index contributed by atoms with van der Waals surface area (Å²) in [4.78, 5) is 42.6. The number of phosphoric ester groups is 1. The molecule has 0 aromatic heterocycles. The van der Waals surface area contributed by atoms with Crippen LogP contribution in [-0.2, 0) is 28.2 Å². The van der Waals surface area contributed by atoms with Crippen LogP contribution in [0.5, 0.6) is 0 Å². The van der Waals surface area contributed by atoms with Crippen LogP contribution in [0.3, 0.4) is 0 Å². The highest BCUT2D eigenvalue weighted by Gasteiger charge is 2.22. The first kappa shape index (κ1) is 46.7. The second kappa shape index (κ2) is 34.2. The molecular formula is C39H67O9P. The summed E-state index contributed by atoms with van der Waals surface area (Å²) in [6.45, 7) is 3.29. The molecule has 0 aromatic carbocycles. The molecule has 0 rings (SSSR count). The summed E-state index contributed by atoms with van der Waals surface area (Å²) in [5.74, 6) is -0.975. The van der Waals surface area contributed by atoms with Gasteiger partial charge in [-0.3, -0.25) is 14.1 Å². The minimum atomic E-state index is -4.77. The molecule has 0 fully saturated rings. The minimum absolute atomic E-state index is 0.174. The Morgan fingerprint density at radius 2 is 1.14 bits per heavy atom. The van der Waals surface area contributed by atoms with Crippen LogP contribution in [0.4, 0.5) is 0 Å². The van der Waals surface area contributed by atoms with Crippen molar-refractivity contribution in [2.45, 2.75) is 161 Å². The Kier molecular flexibility index (Phi) is 32.6. The average molecular weight is 711 g/mol. The molecule has 0 unspecified atom stereocenters. The number of ether oxygens (including phenoxy) is 2. The molecule has 0 aliphatic rings. The van der Waals surface area contributed by atoms with Crippen LogP contribution in [0.2, 0.25) is 0 Å². The number of aliphatic hydroxyl groups excluding tert-OH is 1. The molecule has 0 aromatic rings. The zero-order valence-electron chi connectivity index (χ0n) is 30.4. The molecule has 0 saturated heterocycles. The molecule has 49 heavy (non-hydrogen) atoms. The Morgan fingerprint density at radius 1 is 0.633 bits per heavy atom. The third kappa shape index (κ3) is 36.8. The molecule has 0 bridgehead atoms. The average Bonchev–Trinajstić information content (AvgIpc) is 3.07. The van der Waals surface area contributed by atoms with Gasteiger partial charge in [0.05, 0.1) is 12.7 Å². The summed E-state index contributed by atoms with van der Waals surface area (Å²) in [5.41, 5.74) is 0. The lowest BCUT2D eigenvalue weighted by Gasteiger charge is -2.18. The van der Waals surface area contributed by atoms with Gasteiger partial charge in [0, 0.05) is 12.8 Å². The molecule has 0 aliphatic carbocycles. The Bertz CT molecular complexity index is 996. The predicted octanol–water partition coefficient (Wildman–Crippen LogP) is 9.92. The molecule has 0 aliphatic heterocycles. The van der Waals surface area contributed by atoms with Crippen molar-refractivity contribution >= 4 is 19.8 Å². The van der Waals surface area contributed by atoms with Crippen LogP contribution in [0, 0.1) is 0 Å². The van der Waals surface area contributed by atoms with Crippen LogP contribution >= 0.6 is 7.82 Å². The lowest BCUT2D eigenvalue weighted by atomic mass is 10.0. The molecule has 2 atom stereocenters. The van der Waals surface area contributed by atoms with Crippen molar-refractivity contribution in [2.75, 3.05) is 13.2 Å². The molecule has 0 saturated carbocycles. The topological polar surface area (TPSA) is 140 Å². The van der Waals surface area contributed by atoms with Gasteiger partial charge >= 0.3 is 19.8 Å². The Hall–Kier alpha value is -2.29. The van der Waals surface area contributed by atoms with Crippen molar-refractivity contribution in [3.05, 3.63) is 60.8 Å². The number of carbonyl (C=O) groups excluding carboxylic acids is 2. The highest BCUT2D eigenvalue weighted by atomic mass is 31.2. The van der Waals surface area contributed by atoms with E-state index in [-0.39, 0.29) is 25.6 Å². The lowest BCUT2D eigenvalue weighted by Crippen LogP contribution is -2.29. The third-order valence-corrected chi connectivity index (χ3v) is 8.19. The zero-order chi connectivity index (χ0) is 36.3. The van der Waals surface area contributed by atoms with Gasteiger partial charge in [0.15, 0.2) is 6.10 Å². The van der Waals surface area contributed by atoms with Gasteiger partial charge < -0.3 is 24.4 Å². The third-order valence-electron chi connectivity index (χ3n) is 7.71. The summed E-state index contributed by atoms with van der Waals surface area (Å²) in [6, 6.07) is 0. The van der Waals surface area contributed by atoms with E-state index in [0.29, 0.717) is 25.7 Å². The van der Waals surface area contributed by atoms with Crippen LogP contribution < -0.4 is 0 Å². The van der Waals surface area contributed by atoms with E-state index < -0.39 is 32.5 Å². The molecule has 282 valence electrons. The number of rotatable bonds is 33. The van der Waals surface area contributed by atoms with Gasteiger partial charge in [-0.15, -0.1) is 0 Å².